The minimum absolute atomic E-state index is 0.0689. The van der Waals surface area contributed by atoms with E-state index in [0.29, 0.717) is 5.75 Å². The molecular weight excluding hydrogens is 415 g/mol. The van der Waals surface area contributed by atoms with E-state index < -0.39 is 22.0 Å². The number of anilines is 1. The van der Waals surface area contributed by atoms with Gasteiger partial charge in [-0.1, -0.05) is 29.3 Å². The van der Waals surface area contributed by atoms with Crippen LogP contribution in [0.3, 0.4) is 0 Å². The van der Waals surface area contributed by atoms with Crippen LogP contribution in [0.5, 0.6) is 11.5 Å². The monoisotopic (exact) mass is 432 g/mol. The molecule has 0 bridgehead atoms. The van der Waals surface area contributed by atoms with Crippen LogP contribution in [0.1, 0.15) is 6.92 Å². The van der Waals surface area contributed by atoms with E-state index in [0.717, 1.165) is 0 Å². The minimum atomic E-state index is -3.98. The van der Waals surface area contributed by atoms with Crippen molar-refractivity contribution in [3.63, 3.8) is 0 Å². The molecule has 2 N–H and O–H groups in total. The Bertz CT molecular complexity index is 950. The van der Waals surface area contributed by atoms with Crippen LogP contribution < -0.4 is 19.5 Å². The largest absolute Gasteiger partial charge is 0.493 e. The van der Waals surface area contributed by atoms with Crippen LogP contribution in [0.15, 0.2) is 41.3 Å². The summed E-state index contributed by atoms with van der Waals surface area (Å²) >= 11 is 11.9. The molecular formula is C17H18Cl2N2O5S. The Morgan fingerprint density at radius 3 is 2.37 bits per heavy atom. The highest BCUT2D eigenvalue weighted by Crippen LogP contribution is 2.30. The van der Waals surface area contributed by atoms with Crippen molar-refractivity contribution in [2.45, 2.75) is 17.9 Å². The fourth-order valence-electron chi connectivity index (χ4n) is 2.18. The molecule has 0 aliphatic rings. The normalized spacial score (nSPS) is 12.3. The Morgan fingerprint density at radius 1 is 1.07 bits per heavy atom. The number of amides is 1. The summed E-state index contributed by atoms with van der Waals surface area (Å²) in [5.41, 5.74) is 0.284. The van der Waals surface area contributed by atoms with Crippen LogP contribution in [-0.2, 0) is 14.8 Å². The van der Waals surface area contributed by atoms with Gasteiger partial charge in [-0.05, 0) is 31.2 Å². The van der Waals surface area contributed by atoms with Gasteiger partial charge in [-0.3, -0.25) is 4.79 Å². The number of hydrogen-bond acceptors (Lipinski definition) is 5. The van der Waals surface area contributed by atoms with Crippen LogP contribution in [0.25, 0.3) is 0 Å². The molecule has 2 aromatic rings. The van der Waals surface area contributed by atoms with E-state index in [1.165, 1.54) is 39.3 Å². The maximum atomic E-state index is 12.6. The van der Waals surface area contributed by atoms with Gasteiger partial charge in [0.25, 0.3) is 0 Å². The van der Waals surface area contributed by atoms with Crippen molar-refractivity contribution >= 4 is 44.8 Å². The van der Waals surface area contributed by atoms with Gasteiger partial charge in [0.05, 0.1) is 40.9 Å². The Morgan fingerprint density at radius 2 is 1.74 bits per heavy atom. The van der Waals surface area contributed by atoms with Crippen LogP contribution in [-0.4, -0.2) is 34.6 Å². The standard InChI is InChI=1S/C17H18Cl2N2O5S/c1-10(17(22)20-13-6-4-5-12(18)16(13)19)21-27(23,24)11-7-8-14(25-2)15(9-11)26-3/h4-10,21H,1-3H3,(H,20,22)/t10-/m1/s1. The number of rotatable bonds is 7. The molecule has 7 nitrogen and oxygen atoms in total. The summed E-state index contributed by atoms with van der Waals surface area (Å²) < 4.78 is 37.6. The molecule has 0 fully saturated rings. The SMILES string of the molecule is COc1ccc(S(=O)(=O)N[C@H](C)C(=O)Nc2cccc(Cl)c2Cl)cc1OC. The molecule has 146 valence electrons. The van der Waals surface area contributed by atoms with E-state index in [4.69, 9.17) is 32.7 Å². The highest BCUT2D eigenvalue weighted by atomic mass is 35.5. The van der Waals surface area contributed by atoms with Crippen molar-refractivity contribution in [2.24, 2.45) is 0 Å². The fourth-order valence-corrected chi connectivity index (χ4v) is 3.75. The molecule has 0 aliphatic carbocycles. The molecule has 0 spiro atoms. The Kier molecular flexibility index (Phi) is 6.94. The first-order chi connectivity index (χ1) is 12.7. The van der Waals surface area contributed by atoms with E-state index in [9.17, 15) is 13.2 Å². The molecule has 0 heterocycles. The fraction of sp³-hybridized carbons (Fsp3) is 0.235. The summed E-state index contributed by atoms with van der Waals surface area (Å²) in [6.45, 7) is 1.41. The van der Waals surface area contributed by atoms with Gasteiger partial charge < -0.3 is 14.8 Å². The molecule has 0 saturated heterocycles. The third-order valence-electron chi connectivity index (χ3n) is 3.60. The summed E-state index contributed by atoms with van der Waals surface area (Å²) in [7, 11) is -1.14. The molecule has 1 atom stereocenters. The molecule has 0 radical (unpaired) electrons. The van der Waals surface area contributed by atoms with Crippen molar-refractivity contribution < 1.29 is 22.7 Å². The second-order valence-electron chi connectivity index (χ2n) is 5.45. The zero-order valence-electron chi connectivity index (χ0n) is 14.7. The van der Waals surface area contributed by atoms with Gasteiger partial charge >= 0.3 is 0 Å². The van der Waals surface area contributed by atoms with E-state index in [1.54, 1.807) is 18.2 Å². The molecule has 27 heavy (non-hydrogen) atoms. The predicted molar refractivity (Wildman–Crippen MR) is 104 cm³/mol. The number of carbonyl (C=O) groups is 1. The second-order valence-corrected chi connectivity index (χ2v) is 7.95. The lowest BCUT2D eigenvalue weighted by Gasteiger charge is -2.16. The van der Waals surface area contributed by atoms with Gasteiger partial charge in [0, 0.05) is 6.07 Å². The van der Waals surface area contributed by atoms with E-state index in [-0.39, 0.29) is 26.4 Å². The number of halogens is 2. The zero-order chi connectivity index (χ0) is 20.2. The highest BCUT2D eigenvalue weighted by molar-refractivity contribution is 7.89. The molecule has 2 aromatic carbocycles. The van der Waals surface area contributed by atoms with Crippen molar-refractivity contribution in [1.82, 2.24) is 4.72 Å². The topological polar surface area (TPSA) is 93.7 Å². The highest BCUT2D eigenvalue weighted by Gasteiger charge is 2.24. The first-order valence-electron chi connectivity index (χ1n) is 7.69. The number of ether oxygens (including phenoxy) is 2. The summed E-state index contributed by atoms with van der Waals surface area (Å²) in [5.74, 6) is 0.0456. The first-order valence-corrected chi connectivity index (χ1v) is 9.92. The Balaban J connectivity index is 2.17. The molecule has 10 heteroatoms. The van der Waals surface area contributed by atoms with Gasteiger partial charge in [0.15, 0.2) is 11.5 Å². The smallest absolute Gasteiger partial charge is 0.242 e. The third-order valence-corrected chi connectivity index (χ3v) is 5.96. The lowest BCUT2D eigenvalue weighted by atomic mass is 10.3. The number of benzene rings is 2. The van der Waals surface area contributed by atoms with E-state index in [2.05, 4.69) is 10.0 Å². The van der Waals surface area contributed by atoms with E-state index >= 15 is 0 Å². The molecule has 1 amide bonds. The van der Waals surface area contributed by atoms with Crippen molar-refractivity contribution in [1.29, 1.82) is 0 Å². The van der Waals surface area contributed by atoms with Gasteiger partial charge in [0.1, 0.15) is 0 Å². The number of sulfonamides is 1. The number of carbonyl (C=O) groups excluding carboxylic acids is 1. The quantitative estimate of drug-likeness (QED) is 0.699. The summed E-state index contributed by atoms with van der Waals surface area (Å²) in [6, 6.07) is 7.79. The number of methoxy groups -OCH3 is 2. The van der Waals surface area contributed by atoms with Crippen molar-refractivity contribution in [2.75, 3.05) is 19.5 Å². The zero-order valence-corrected chi connectivity index (χ0v) is 17.1. The summed E-state index contributed by atoms with van der Waals surface area (Å²) in [4.78, 5) is 12.3. The second kappa shape index (κ2) is 8.79. The van der Waals surface area contributed by atoms with Crippen LogP contribution in [0.4, 0.5) is 5.69 Å². The van der Waals surface area contributed by atoms with Gasteiger partial charge in [-0.25, -0.2) is 8.42 Å². The lowest BCUT2D eigenvalue weighted by molar-refractivity contribution is -0.117. The number of hydrogen-bond donors (Lipinski definition) is 2. The first kappa shape index (κ1) is 21.3. The lowest BCUT2D eigenvalue weighted by Crippen LogP contribution is -2.41. The molecule has 0 unspecified atom stereocenters. The Labute approximate surface area is 167 Å². The molecule has 0 aliphatic heterocycles. The predicted octanol–water partition coefficient (Wildman–Crippen LogP) is 3.32. The third kappa shape index (κ3) is 5.04. The number of nitrogens with one attached hydrogen (secondary N) is 2. The van der Waals surface area contributed by atoms with Gasteiger partial charge in [0.2, 0.25) is 15.9 Å². The van der Waals surface area contributed by atoms with Crippen molar-refractivity contribution in [3.05, 3.63) is 46.4 Å². The molecule has 0 saturated carbocycles. The van der Waals surface area contributed by atoms with Crippen LogP contribution in [0, 0.1) is 0 Å². The summed E-state index contributed by atoms with van der Waals surface area (Å²) in [6.07, 6.45) is 0. The maximum absolute atomic E-state index is 12.6. The van der Waals surface area contributed by atoms with Crippen LogP contribution >= 0.6 is 23.2 Å². The van der Waals surface area contributed by atoms with Crippen molar-refractivity contribution in [3.8, 4) is 11.5 Å². The summed E-state index contributed by atoms with van der Waals surface area (Å²) in [5, 5.41) is 2.98. The molecule has 2 rings (SSSR count). The minimum Gasteiger partial charge on any atom is -0.493 e. The van der Waals surface area contributed by atoms with Gasteiger partial charge in [-0.15, -0.1) is 0 Å². The van der Waals surface area contributed by atoms with E-state index in [1.807, 2.05) is 0 Å². The average Bonchev–Trinajstić information content (AvgIpc) is 2.64. The van der Waals surface area contributed by atoms with Crippen LogP contribution in [0.2, 0.25) is 10.0 Å². The molecule has 0 aromatic heterocycles. The van der Waals surface area contributed by atoms with Gasteiger partial charge in [-0.2, -0.15) is 4.72 Å². The maximum Gasteiger partial charge on any atom is 0.242 e. The Hall–Kier alpha value is -2.00. The average molecular weight is 433 g/mol.